The highest BCUT2D eigenvalue weighted by atomic mass is 32.2. The Hall–Kier alpha value is -2.61. The number of benzene rings is 1. The predicted octanol–water partition coefficient (Wildman–Crippen LogP) is 3.11. The number of carbonyl (C=O) groups excluding carboxylic acids is 1. The van der Waals surface area contributed by atoms with Crippen LogP contribution in [-0.2, 0) is 11.3 Å². The molecule has 3 aromatic rings. The van der Waals surface area contributed by atoms with Crippen molar-refractivity contribution in [3.63, 3.8) is 0 Å². The zero-order chi connectivity index (χ0) is 20.5. The van der Waals surface area contributed by atoms with Crippen molar-refractivity contribution >= 4 is 34.3 Å². The molecule has 3 heterocycles. The summed E-state index contributed by atoms with van der Waals surface area (Å²) in [6.45, 7) is 8.32. The lowest BCUT2D eigenvalue weighted by Gasteiger charge is -2.39. The van der Waals surface area contributed by atoms with Crippen molar-refractivity contribution in [2.45, 2.75) is 56.9 Å². The van der Waals surface area contributed by atoms with Crippen molar-refractivity contribution in [3.8, 4) is 0 Å². The number of amides is 1. The number of carbonyl (C=O) groups is 1. The largest absolute Gasteiger partial charge is 0.337 e. The van der Waals surface area contributed by atoms with E-state index < -0.39 is 0 Å². The normalized spacial score (nSPS) is 19.7. The molecule has 2 atom stereocenters. The molecule has 152 valence electrons. The first-order valence-corrected chi connectivity index (χ1v) is 10.9. The van der Waals surface area contributed by atoms with E-state index in [1.807, 2.05) is 27.5 Å². The molecule has 0 spiro atoms. The van der Waals surface area contributed by atoms with Gasteiger partial charge in [0.1, 0.15) is 0 Å². The summed E-state index contributed by atoms with van der Waals surface area (Å²) in [5, 5.41) is 9.75. The smallest absolute Gasteiger partial charge is 0.263 e. The molecule has 8 heteroatoms. The molecule has 0 bridgehead atoms. The third kappa shape index (κ3) is 3.46. The average Bonchev–Trinajstić information content (AvgIpc) is 3.13. The summed E-state index contributed by atoms with van der Waals surface area (Å²) in [7, 11) is 0. The van der Waals surface area contributed by atoms with E-state index >= 15 is 0 Å². The third-order valence-corrected chi connectivity index (χ3v) is 6.51. The van der Waals surface area contributed by atoms with Crippen LogP contribution in [0.1, 0.15) is 33.1 Å². The molecule has 1 aliphatic rings. The lowest BCUT2D eigenvalue weighted by Crippen LogP contribution is -2.48. The van der Waals surface area contributed by atoms with E-state index in [1.165, 1.54) is 18.2 Å². The molecular weight excluding hydrogens is 386 g/mol. The van der Waals surface area contributed by atoms with E-state index in [4.69, 9.17) is 0 Å². The van der Waals surface area contributed by atoms with Gasteiger partial charge in [-0.15, -0.1) is 16.8 Å². The molecule has 4 rings (SSSR count). The number of rotatable bonds is 5. The van der Waals surface area contributed by atoms with Gasteiger partial charge in [0, 0.05) is 18.6 Å². The van der Waals surface area contributed by atoms with Crippen LogP contribution in [0.15, 0.2) is 46.9 Å². The summed E-state index contributed by atoms with van der Waals surface area (Å²) in [4.78, 5) is 27.8. The highest BCUT2D eigenvalue weighted by Crippen LogP contribution is 2.26. The van der Waals surface area contributed by atoms with Crippen molar-refractivity contribution in [3.05, 3.63) is 47.3 Å². The van der Waals surface area contributed by atoms with Crippen molar-refractivity contribution in [2.24, 2.45) is 0 Å². The Morgan fingerprint density at radius 1 is 1.24 bits per heavy atom. The number of likely N-dealkylation sites (tertiary alicyclic amines) is 1. The molecule has 0 aliphatic carbocycles. The van der Waals surface area contributed by atoms with Crippen molar-refractivity contribution < 1.29 is 4.79 Å². The number of fused-ring (bicyclic) bond motifs is 3. The van der Waals surface area contributed by atoms with Gasteiger partial charge in [0.15, 0.2) is 5.16 Å². The summed E-state index contributed by atoms with van der Waals surface area (Å²) >= 11 is 1.37. The van der Waals surface area contributed by atoms with Gasteiger partial charge >= 0.3 is 0 Å². The quantitative estimate of drug-likeness (QED) is 0.476. The fourth-order valence-electron chi connectivity index (χ4n) is 4.23. The fraction of sp³-hybridized carbons (Fsp3) is 0.429. The van der Waals surface area contributed by atoms with E-state index in [9.17, 15) is 9.59 Å². The zero-order valence-electron chi connectivity index (χ0n) is 16.7. The van der Waals surface area contributed by atoms with Crippen LogP contribution in [0.5, 0.6) is 0 Å². The summed E-state index contributed by atoms with van der Waals surface area (Å²) in [6.07, 6.45) is 4.93. The van der Waals surface area contributed by atoms with E-state index in [0.29, 0.717) is 28.6 Å². The van der Waals surface area contributed by atoms with Crippen LogP contribution >= 0.6 is 11.8 Å². The molecule has 1 fully saturated rings. The Morgan fingerprint density at radius 3 is 2.69 bits per heavy atom. The van der Waals surface area contributed by atoms with Crippen LogP contribution in [0.2, 0.25) is 0 Å². The number of hydrogen-bond donors (Lipinski definition) is 0. The highest BCUT2D eigenvalue weighted by Gasteiger charge is 2.29. The van der Waals surface area contributed by atoms with Gasteiger partial charge in [0.2, 0.25) is 11.7 Å². The van der Waals surface area contributed by atoms with Crippen LogP contribution in [0.25, 0.3) is 16.7 Å². The maximum Gasteiger partial charge on any atom is 0.263 e. The number of allylic oxidation sites excluding steroid dienone is 1. The second kappa shape index (κ2) is 8.02. The Kier molecular flexibility index (Phi) is 5.45. The Bertz CT molecular complexity index is 1130. The van der Waals surface area contributed by atoms with Gasteiger partial charge in [-0.25, -0.2) is 0 Å². The van der Waals surface area contributed by atoms with Gasteiger partial charge in [-0.1, -0.05) is 30.0 Å². The minimum absolute atomic E-state index is 0.121. The lowest BCUT2D eigenvalue weighted by atomic mass is 9.98. The molecule has 0 unspecified atom stereocenters. The molecule has 2 aromatic heterocycles. The molecule has 29 heavy (non-hydrogen) atoms. The minimum Gasteiger partial charge on any atom is -0.337 e. The van der Waals surface area contributed by atoms with Crippen molar-refractivity contribution in [2.75, 3.05) is 5.75 Å². The van der Waals surface area contributed by atoms with E-state index in [2.05, 4.69) is 30.6 Å². The van der Waals surface area contributed by atoms with Crippen LogP contribution in [-0.4, -0.2) is 47.8 Å². The first-order chi connectivity index (χ1) is 14.0. The second-order valence-electron chi connectivity index (χ2n) is 7.56. The molecule has 1 aromatic carbocycles. The van der Waals surface area contributed by atoms with Crippen LogP contribution in [0, 0.1) is 0 Å². The number of aromatic nitrogens is 4. The van der Waals surface area contributed by atoms with Gasteiger partial charge in [0.25, 0.3) is 5.56 Å². The molecule has 0 saturated carbocycles. The Labute approximate surface area is 173 Å². The van der Waals surface area contributed by atoms with Gasteiger partial charge in [-0.05, 0) is 45.2 Å². The Balaban J connectivity index is 1.71. The topological polar surface area (TPSA) is 72.5 Å². The Morgan fingerprint density at radius 2 is 1.97 bits per heavy atom. The monoisotopic (exact) mass is 411 g/mol. The summed E-state index contributed by atoms with van der Waals surface area (Å²) < 4.78 is 3.42. The number of nitrogens with zero attached hydrogens (tertiary/aromatic N) is 5. The van der Waals surface area contributed by atoms with E-state index in [-0.39, 0.29) is 23.6 Å². The van der Waals surface area contributed by atoms with Gasteiger partial charge < -0.3 is 4.90 Å². The highest BCUT2D eigenvalue weighted by molar-refractivity contribution is 7.99. The van der Waals surface area contributed by atoms with E-state index in [0.717, 1.165) is 18.4 Å². The fourth-order valence-corrected chi connectivity index (χ4v) is 5.04. The van der Waals surface area contributed by atoms with Crippen LogP contribution < -0.4 is 5.56 Å². The molecule has 1 aliphatic heterocycles. The maximum atomic E-state index is 12.9. The molecular formula is C21H25N5O2S. The molecule has 0 radical (unpaired) electrons. The SMILES string of the molecule is C=CCn1c(=O)c2ccccc2n2c(SCC(=O)N3[C@H](C)CCC[C@@H]3C)nnc12. The summed E-state index contributed by atoms with van der Waals surface area (Å²) in [6, 6.07) is 7.93. The number of hydrogen-bond acceptors (Lipinski definition) is 5. The standard InChI is InChI=1S/C21H25N5O2S/c1-4-12-24-19(28)16-10-5-6-11-17(16)26-20(24)22-23-21(26)29-13-18(27)25-14(2)8-7-9-15(25)3/h4-6,10-11,14-15H,1,7-9,12-13H2,2-3H3/t14-,15+. The zero-order valence-corrected chi connectivity index (χ0v) is 17.6. The number of piperidine rings is 1. The third-order valence-electron chi connectivity index (χ3n) is 5.60. The lowest BCUT2D eigenvalue weighted by molar-refractivity contribution is -0.134. The minimum atomic E-state index is -0.121. The molecule has 1 saturated heterocycles. The molecule has 1 amide bonds. The van der Waals surface area contributed by atoms with Crippen LogP contribution in [0.3, 0.4) is 0 Å². The van der Waals surface area contributed by atoms with Gasteiger partial charge in [-0.3, -0.25) is 18.6 Å². The first kappa shape index (κ1) is 19.7. The maximum absolute atomic E-state index is 12.9. The van der Waals surface area contributed by atoms with Gasteiger partial charge in [0.05, 0.1) is 16.7 Å². The predicted molar refractivity (Wildman–Crippen MR) is 115 cm³/mol. The van der Waals surface area contributed by atoms with Crippen molar-refractivity contribution in [1.82, 2.24) is 24.1 Å². The number of thioether (sulfide) groups is 1. The molecule has 0 N–H and O–H groups in total. The summed E-state index contributed by atoms with van der Waals surface area (Å²) in [5.41, 5.74) is 0.622. The van der Waals surface area contributed by atoms with Crippen molar-refractivity contribution in [1.29, 1.82) is 0 Å². The second-order valence-corrected chi connectivity index (χ2v) is 8.50. The number of para-hydroxylation sites is 1. The van der Waals surface area contributed by atoms with Crippen LogP contribution in [0.4, 0.5) is 0 Å². The van der Waals surface area contributed by atoms with Gasteiger partial charge in [-0.2, -0.15) is 0 Å². The first-order valence-electron chi connectivity index (χ1n) is 9.94. The molecule has 7 nitrogen and oxygen atoms in total. The summed E-state index contributed by atoms with van der Waals surface area (Å²) in [5.74, 6) is 0.878. The average molecular weight is 412 g/mol. The van der Waals surface area contributed by atoms with E-state index in [1.54, 1.807) is 16.7 Å².